The molecule has 0 fully saturated rings. The summed E-state index contributed by atoms with van der Waals surface area (Å²) in [5, 5.41) is 5.01. The number of hydrogen-bond donors (Lipinski definition) is 1. The number of amides is 1. The van der Waals surface area contributed by atoms with Gasteiger partial charge in [0.05, 0.1) is 28.2 Å². The molecule has 0 saturated heterocycles. The van der Waals surface area contributed by atoms with E-state index >= 15 is 0 Å². The molecule has 0 saturated carbocycles. The van der Waals surface area contributed by atoms with E-state index in [1.807, 2.05) is 0 Å². The summed E-state index contributed by atoms with van der Waals surface area (Å²) < 4.78 is 36.4. The molecule has 0 aliphatic rings. The molecule has 2 rings (SSSR count). The van der Waals surface area contributed by atoms with Crippen molar-refractivity contribution in [3.63, 3.8) is 0 Å². The van der Waals surface area contributed by atoms with Crippen molar-refractivity contribution in [2.45, 2.75) is 57.0 Å². The van der Waals surface area contributed by atoms with Gasteiger partial charge in [0.15, 0.2) is 5.13 Å². The Bertz CT molecular complexity index is 1110. The number of esters is 1. The number of hydrogen-bond acceptors (Lipinski definition) is 8. The van der Waals surface area contributed by atoms with Crippen LogP contribution in [-0.4, -0.2) is 45.7 Å². The van der Waals surface area contributed by atoms with Crippen molar-refractivity contribution in [1.29, 1.82) is 0 Å². The molecular weight excluding hydrogens is 480 g/mol. The van der Waals surface area contributed by atoms with Gasteiger partial charge < -0.3 is 9.47 Å². The predicted molar refractivity (Wildman–Crippen MR) is 133 cm³/mol. The molecule has 180 valence electrons. The second kappa shape index (κ2) is 10.6. The number of sulfone groups is 1. The van der Waals surface area contributed by atoms with Crippen LogP contribution in [0.25, 0.3) is 5.57 Å². The molecule has 11 heteroatoms. The van der Waals surface area contributed by atoms with Gasteiger partial charge in [0.25, 0.3) is 0 Å². The second-order valence-electron chi connectivity index (χ2n) is 9.50. The van der Waals surface area contributed by atoms with Crippen LogP contribution in [0.15, 0.2) is 46.0 Å². The van der Waals surface area contributed by atoms with E-state index in [-0.39, 0.29) is 27.9 Å². The highest BCUT2D eigenvalue weighted by atomic mass is 32.2. The molecule has 0 aliphatic heterocycles. The highest BCUT2D eigenvalue weighted by molar-refractivity contribution is 7.94. The lowest BCUT2D eigenvalue weighted by atomic mass is 10.2. The first-order chi connectivity index (χ1) is 15.2. The highest BCUT2D eigenvalue weighted by Crippen LogP contribution is 2.26. The Morgan fingerprint density at radius 1 is 1.15 bits per heavy atom. The molecule has 33 heavy (non-hydrogen) atoms. The minimum atomic E-state index is -3.95. The first kappa shape index (κ1) is 26.7. The van der Waals surface area contributed by atoms with Crippen LogP contribution in [0.1, 0.15) is 26.5 Å². The van der Waals surface area contributed by atoms with Crippen molar-refractivity contribution >= 4 is 52.0 Å². The highest BCUT2D eigenvalue weighted by Gasteiger charge is 2.24. The number of benzene rings is 1. The molecule has 0 unspecified atom stereocenters. The fourth-order valence-electron chi connectivity index (χ4n) is 2.42. The summed E-state index contributed by atoms with van der Waals surface area (Å²) >= 11 is 1.04. The summed E-state index contributed by atoms with van der Waals surface area (Å²) in [6.07, 6.45) is -0.705. The van der Waals surface area contributed by atoms with Crippen LogP contribution in [-0.2, 0) is 24.1 Å². The van der Waals surface area contributed by atoms with Crippen molar-refractivity contribution < 1.29 is 27.5 Å². The Hall–Kier alpha value is -2.50. The summed E-state index contributed by atoms with van der Waals surface area (Å²) in [5.41, 5.74) is -0.814. The molecule has 2 aromatic rings. The van der Waals surface area contributed by atoms with E-state index in [4.69, 9.17) is 9.47 Å². The summed E-state index contributed by atoms with van der Waals surface area (Å²) in [6, 6.07) is 8.51. The third-order valence-corrected chi connectivity index (χ3v) is 7.97. The molecule has 0 spiro atoms. The molecule has 1 aromatic carbocycles. The number of aromatic nitrogens is 1. The number of rotatable bonds is 8. The molecule has 8 nitrogen and oxygen atoms in total. The summed E-state index contributed by atoms with van der Waals surface area (Å²) in [6.45, 7) is 11.8. The quantitative estimate of drug-likeness (QED) is 0.296. The van der Waals surface area contributed by atoms with E-state index in [0.29, 0.717) is 0 Å². The van der Waals surface area contributed by atoms with Gasteiger partial charge in [-0.3, -0.25) is 5.32 Å². The van der Waals surface area contributed by atoms with Crippen molar-refractivity contribution in [3.05, 3.63) is 46.8 Å². The number of thiazole rings is 1. The third kappa shape index (κ3) is 9.10. The van der Waals surface area contributed by atoms with E-state index < -0.39 is 35.6 Å². The smallest absolute Gasteiger partial charge is 0.413 e. The molecule has 1 aromatic heterocycles. The molecule has 1 amide bonds. The zero-order valence-electron chi connectivity index (χ0n) is 19.7. The van der Waals surface area contributed by atoms with E-state index in [2.05, 4.69) is 29.9 Å². The predicted octanol–water partition coefficient (Wildman–Crippen LogP) is 5.19. The normalized spacial score (nSPS) is 12.8. The third-order valence-electron chi connectivity index (χ3n) is 4.04. The first-order valence-electron chi connectivity index (χ1n) is 10.3. The topological polar surface area (TPSA) is 112 Å². The van der Waals surface area contributed by atoms with Gasteiger partial charge in [0.2, 0.25) is 9.84 Å². The number of carbonyl (C=O) groups excluding carboxylic acids is 2. The van der Waals surface area contributed by atoms with Crippen LogP contribution in [0.3, 0.4) is 0 Å². The standard InChI is InChI=1S/C22H30N2O6S2Si/c1-22(2,3)30-21(26)24-20-23-18(14-31-20)17(19(25)29-12-13-33(4,5)6)15-32(27,28)16-10-8-7-9-11-16/h7-11,14-15H,12-13H2,1-6H3,(H,23,24,26). The van der Waals surface area contributed by atoms with Gasteiger partial charge in [-0.25, -0.2) is 23.0 Å². The SMILES string of the molecule is CC(C)(C)OC(=O)Nc1nc(C(=CS(=O)(=O)c2ccccc2)C(=O)OCC[Si](C)(C)C)cs1. The molecule has 0 bridgehead atoms. The molecular formula is C22H30N2O6S2Si. The summed E-state index contributed by atoms with van der Waals surface area (Å²) in [5.74, 6) is -0.790. The number of anilines is 1. The average molecular weight is 511 g/mol. The Balaban J connectivity index is 2.34. The molecule has 0 radical (unpaired) electrons. The number of nitrogens with one attached hydrogen (secondary N) is 1. The van der Waals surface area contributed by atoms with Crippen molar-refractivity contribution in [1.82, 2.24) is 4.98 Å². The monoisotopic (exact) mass is 510 g/mol. The lowest BCUT2D eigenvalue weighted by Crippen LogP contribution is -2.27. The lowest BCUT2D eigenvalue weighted by molar-refractivity contribution is -0.136. The fourth-order valence-corrected chi connectivity index (χ4v) is 5.03. The molecule has 0 atom stereocenters. The van der Waals surface area contributed by atoms with Gasteiger partial charge >= 0.3 is 12.1 Å². The van der Waals surface area contributed by atoms with E-state index in [1.165, 1.54) is 17.5 Å². The van der Waals surface area contributed by atoms with E-state index in [0.717, 1.165) is 22.8 Å². The van der Waals surface area contributed by atoms with Gasteiger partial charge in [-0.1, -0.05) is 37.8 Å². The van der Waals surface area contributed by atoms with Gasteiger partial charge in [-0.05, 0) is 38.9 Å². The molecule has 1 N–H and O–H groups in total. The number of nitrogens with zero attached hydrogens (tertiary/aromatic N) is 1. The van der Waals surface area contributed by atoms with Gasteiger partial charge in [-0.15, -0.1) is 11.3 Å². The maximum atomic E-state index is 12.9. The Morgan fingerprint density at radius 2 is 1.79 bits per heavy atom. The minimum absolute atomic E-state index is 0.0414. The van der Waals surface area contributed by atoms with Crippen LogP contribution in [0, 0.1) is 0 Å². The van der Waals surface area contributed by atoms with Crippen LogP contribution in [0.5, 0.6) is 0 Å². The van der Waals surface area contributed by atoms with Gasteiger partial charge in [-0.2, -0.15) is 0 Å². The van der Waals surface area contributed by atoms with Crippen LogP contribution >= 0.6 is 11.3 Å². The van der Waals surface area contributed by atoms with Crippen molar-refractivity contribution in [2.24, 2.45) is 0 Å². The zero-order chi connectivity index (χ0) is 24.9. The Morgan fingerprint density at radius 3 is 2.36 bits per heavy atom. The Kier molecular flexibility index (Phi) is 8.61. The zero-order valence-corrected chi connectivity index (χ0v) is 22.3. The van der Waals surface area contributed by atoms with Crippen molar-refractivity contribution in [2.75, 3.05) is 11.9 Å². The fraction of sp³-hybridized carbons (Fsp3) is 0.409. The molecule has 0 aliphatic carbocycles. The van der Waals surface area contributed by atoms with E-state index in [9.17, 15) is 18.0 Å². The molecule has 1 heterocycles. The van der Waals surface area contributed by atoms with Crippen molar-refractivity contribution in [3.8, 4) is 0 Å². The van der Waals surface area contributed by atoms with Crippen LogP contribution < -0.4 is 5.32 Å². The summed E-state index contributed by atoms with van der Waals surface area (Å²) in [7, 11) is -5.41. The largest absolute Gasteiger partial charge is 0.462 e. The van der Waals surface area contributed by atoms with Gasteiger partial charge in [0, 0.05) is 13.5 Å². The van der Waals surface area contributed by atoms with Crippen LogP contribution in [0.4, 0.5) is 9.93 Å². The summed E-state index contributed by atoms with van der Waals surface area (Å²) in [4.78, 5) is 29.2. The van der Waals surface area contributed by atoms with E-state index in [1.54, 1.807) is 39.0 Å². The number of ether oxygens (including phenoxy) is 2. The van der Waals surface area contributed by atoms with Gasteiger partial charge in [0.1, 0.15) is 5.60 Å². The second-order valence-corrected chi connectivity index (χ2v) is 17.8. The maximum absolute atomic E-state index is 12.9. The minimum Gasteiger partial charge on any atom is -0.462 e. The average Bonchev–Trinajstić information content (AvgIpc) is 3.12. The maximum Gasteiger partial charge on any atom is 0.413 e. The first-order valence-corrected chi connectivity index (χ1v) is 16.4. The number of carbonyl (C=O) groups is 2. The van der Waals surface area contributed by atoms with Crippen LogP contribution in [0.2, 0.25) is 25.7 Å². The Labute approximate surface area is 200 Å². The lowest BCUT2D eigenvalue weighted by Gasteiger charge is -2.18.